The van der Waals surface area contributed by atoms with Gasteiger partial charge in [-0.25, -0.2) is 0 Å². The third-order valence-electron chi connectivity index (χ3n) is 3.05. The Kier molecular flexibility index (Phi) is 4.92. The largest absolute Gasteiger partial charge is 0.493 e. The van der Waals surface area contributed by atoms with E-state index in [1.807, 2.05) is 30.3 Å². The summed E-state index contributed by atoms with van der Waals surface area (Å²) in [5.74, 6) is 0.446. The molecule has 0 heterocycles. The summed E-state index contributed by atoms with van der Waals surface area (Å²) >= 11 is 0. The third kappa shape index (κ3) is 3.92. The Balaban J connectivity index is 2.16. The standard InChI is InChI=1S/C16H15F3O3/c1-21-14-9-12(15(20)16(17,18)19)7-8-13(14)22-10-11-5-3-2-4-6-11/h2-9,15,20H,10H2,1H3. The number of alkyl halides is 3. The van der Waals surface area contributed by atoms with Gasteiger partial charge in [0.2, 0.25) is 0 Å². The molecule has 6 heteroatoms. The summed E-state index contributed by atoms with van der Waals surface area (Å²) in [6.07, 6.45) is -7.28. The Hall–Kier alpha value is -2.21. The van der Waals surface area contributed by atoms with E-state index in [4.69, 9.17) is 9.47 Å². The maximum atomic E-state index is 12.5. The first kappa shape index (κ1) is 16.2. The van der Waals surface area contributed by atoms with Gasteiger partial charge in [-0.15, -0.1) is 0 Å². The van der Waals surface area contributed by atoms with E-state index < -0.39 is 12.3 Å². The van der Waals surface area contributed by atoms with Crippen LogP contribution in [-0.4, -0.2) is 18.4 Å². The molecule has 1 atom stereocenters. The van der Waals surface area contributed by atoms with E-state index in [-0.39, 0.29) is 17.9 Å². The van der Waals surface area contributed by atoms with Crippen molar-refractivity contribution in [2.75, 3.05) is 7.11 Å². The number of ether oxygens (including phenoxy) is 2. The molecule has 0 fully saturated rings. The van der Waals surface area contributed by atoms with Gasteiger partial charge in [-0.05, 0) is 23.3 Å². The van der Waals surface area contributed by atoms with Gasteiger partial charge < -0.3 is 14.6 Å². The Morgan fingerprint density at radius 3 is 2.32 bits per heavy atom. The van der Waals surface area contributed by atoms with Crippen LogP contribution in [0, 0.1) is 0 Å². The molecule has 0 radical (unpaired) electrons. The van der Waals surface area contributed by atoms with Gasteiger partial charge in [0.05, 0.1) is 7.11 Å². The van der Waals surface area contributed by atoms with Crippen molar-refractivity contribution in [2.45, 2.75) is 18.9 Å². The first-order chi connectivity index (χ1) is 10.4. The van der Waals surface area contributed by atoms with E-state index in [1.54, 1.807) is 0 Å². The molecule has 2 rings (SSSR count). The fourth-order valence-corrected chi connectivity index (χ4v) is 1.90. The van der Waals surface area contributed by atoms with Gasteiger partial charge in [-0.2, -0.15) is 13.2 Å². The summed E-state index contributed by atoms with van der Waals surface area (Å²) in [4.78, 5) is 0. The van der Waals surface area contributed by atoms with Crippen LogP contribution in [0.15, 0.2) is 48.5 Å². The second-order valence-corrected chi connectivity index (χ2v) is 4.63. The van der Waals surface area contributed by atoms with Crippen LogP contribution in [0.5, 0.6) is 11.5 Å². The fraction of sp³-hybridized carbons (Fsp3) is 0.250. The summed E-state index contributed by atoms with van der Waals surface area (Å²) in [5.41, 5.74) is 0.625. The first-order valence-electron chi connectivity index (χ1n) is 6.51. The molecule has 118 valence electrons. The van der Waals surface area contributed by atoms with Crippen LogP contribution in [-0.2, 0) is 6.61 Å². The molecule has 0 amide bonds. The highest BCUT2D eigenvalue weighted by atomic mass is 19.4. The molecule has 2 aromatic rings. The molecule has 1 unspecified atom stereocenters. The van der Waals surface area contributed by atoms with E-state index >= 15 is 0 Å². The second kappa shape index (κ2) is 6.70. The smallest absolute Gasteiger partial charge is 0.418 e. The highest BCUT2D eigenvalue weighted by Crippen LogP contribution is 2.37. The van der Waals surface area contributed by atoms with Crippen molar-refractivity contribution in [3.05, 3.63) is 59.7 Å². The van der Waals surface area contributed by atoms with Crippen LogP contribution in [0.25, 0.3) is 0 Å². The number of rotatable bonds is 5. The lowest BCUT2D eigenvalue weighted by atomic mass is 10.1. The number of hydrogen-bond acceptors (Lipinski definition) is 3. The van der Waals surface area contributed by atoms with Gasteiger partial charge in [0.15, 0.2) is 17.6 Å². The summed E-state index contributed by atoms with van der Waals surface area (Å²) in [6, 6.07) is 13.0. The lowest BCUT2D eigenvalue weighted by Gasteiger charge is -2.17. The summed E-state index contributed by atoms with van der Waals surface area (Å²) < 4.78 is 48.1. The van der Waals surface area contributed by atoms with Gasteiger partial charge in [-0.1, -0.05) is 36.4 Å². The number of methoxy groups -OCH3 is 1. The predicted octanol–water partition coefficient (Wildman–Crippen LogP) is 3.87. The van der Waals surface area contributed by atoms with Gasteiger partial charge in [0.25, 0.3) is 0 Å². The molecule has 2 aromatic carbocycles. The third-order valence-corrected chi connectivity index (χ3v) is 3.05. The van der Waals surface area contributed by atoms with Crippen LogP contribution in [0.3, 0.4) is 0 Å². The fourth-order valence-electron chi connectivity index (χ4n) is 1.90. The zero-order valence-electron chi connectivity index (χ0n) is 11.8. The monoisotopic (exact) mass is 312 g/mol. The summed E-state index contributed by atoms with van der Waals surface area (Å²) in [6.45, 7) is 0.262. The van der Waals surface area contributed by atoms with Gasteiger partial charge in [-0.3, -0.25) is 0 Å². The molecule has 0 spiro atoms. The van der Waals surface area contributed by atoms with Crippen molar-refractivity contribution < 1.29 is 27.8 Å². The van der Waals surface area contributed by atoms with Crippen molar-refractivity contribution in [1.82, 2.24) is 0 Å². The number of benzene rings is 2. The van der Waals surface area contributed by atoms with Crippen molar-refractivity contribution >= 4 is 0 Å². The Morgan fingerprint density at radius 2 is 1.73 bits per heavy atom. The van der Waals surface area contributed by atoms with Crippen molar-refractivity contribution in [2.24, 2.45) is 0 Å². The minimum absolute atomic E-state index is 0.136. The summed E-state index contributed by atoms with van der Waals surface area (Å²) in [7, 11) is 1.33. The van der Waals surface area contributed by atoms with Crippen molar-refractivity contribution in [1.29, 1.82) is 0 Å². The molecule has 0 saturated heterocycles. The maximum Gasteiger partial charge on any atom is 0.418 e. The average Bonchev–Trinajstić information content (AvgIpc) is 2.52. The highest BCUT2D eigenvalue weighted by Gasteiger charge is 2.39. The Labute approximate surface area is 125 Å². The minimum Gasteiger partial charge on any atom is -0.493 e. The molecule has 0 saturated carbocycles. The van der Waals surface area contributed by atoms with Crippen molar-refractivity contribution in [3.63, 3.8) is 0 Å². The van der Waals surface area contributed by atoms with Gasteiger partial charge in [0, 0.05) is 0 Å². The Morgan fingerprint density at radius 1 is 1.05 bits per heavy atom. The first-order valence-corrected chi connectivity index (χ1v) is 6.51. The highest BCUT2D eigenvalue weighted by molar-refractivity contribution is 5.44. The molecular formula is C16H15F3O3. The normalized spacial score (nSPS) is 12.8. The van der Waals surface area contributed by atoms with Gasteiger partial charge >= 0.3 is 6.18 Å². The molecule has 0 bridgehead atoms. The number of aliphatic hydroxyl groups is 1. The topological polar surface area (TPSA) is 38.7 Å². The quantitative estimate of drug-likeness (QED) is 0.911. The van der Waals surface area contributed by atoms with E-state index in [0.29, 0.717) is 5.75 Å². The second-order valence-electron chi connectivity index (χ2n) is 4.63. The lowest BCUT2D eigenvalue weighted by Crippen LogP contribution is -2.20. The van der Waals surface area contributed by atoms with E-state index in [1.165, 1.54) is 19.2 Å². The zero-order valence-corrected chi connectivity index (χ0v) is 11.8. The zero-order chi connectivity index (χ0) is 16.2. The van der Waals surface area contributed by atoms with E-state index in [2.05, 4.69) is 0 Å². The minimum atomic E-state index is -4.72. The molecule has 0 aliphatic rings. The van der Waals surface area contributed by atoms with E-state index in [9.17, 15) is 18.3 Å². The lowest BCUT2D eigenvalue weighted by molar-refractivity contribution is -0.206. The van der Waals surface area contributed by atoms with Gasteiger partial charge in [0.1, 0.15) is 6.61 Å². The average molecular weight is 312 g/mol. The SMILES string of the molecule is COc1cc(C(O)C(F)(F)F)ccc1OCc1ccccc1. The van der Waals surface area contributed by atoms with Crippen LogP contribution in [0.1, 0.15) is 17.2 Å². The van der Waals surface area contributed by atoms with Crippen LogP contribution in [0.4, 0.5) is 13.2 Å². The summed E-state index contributed by atoms with van der Waals surface area (Å²) in [5, 5.41) is 9.25. The molecule has 0 aliphatic heterocycles. The number of aliphatic hydroxyl groups excluding tert-OH is 1. The van der Waals surface area contributed by atoms with Crippen LogP contribution < -0.4 is 9.47 Å². The van der Waals surface area contributed by atoms with Crippen molar-refractivity contribution in [3.8, 4) is 11.5 Å². The number of hydrogen-bond donors (Lipinski definition) is 1. The molecule has 1 N–H and O–H groups in total. The molecule has 0 aromatic heterocycles. The molecule has 22 heavy (non-hydrogen) atoms. The van der Waals surface area contributed by atoms with Crippen LogP contribution >= 0.6 is 0 Å². The predicted molar refractivity (Wildman–Crippen MR) is 74.8 cm³/mol. The molecule has 3 nitrogen and oxygen atoms in total. The maximum absolute atomic E-state index is 12.5. The Bertz CT molecular complexity index is 612. The number of halogens is 3. The molecule has 0 aliphatic carbocycles. The van der Waals surface area contributed by atoms with Crippen LogP contribution in [0.2, 0.25) is 0 Å². The van der Waals surface area contributed by atoms with E-state index in [0.717, 1.165) is 11.6 Å². The molecular weight excluding hydrogens is 297 g/mol.